The Hall–Kier alpha value is -0.590. The molecule has 7 heteroatoms. The van der Waals surface area contributed by atoms with Crippen molar-refractivity contribution >= 4 is 37.0 Å². The van der Waals surface area contributed by atoms with Crippen LogP contribution in [0.5, 0.6) is 0 Å². The normalized spacial score (nSPS) is 16.8. The van der Waals surface area contributed by atoms with Gasteiger partial charge in [-0.05, 0) is 24.5 Å². The minimum atomic E-state index is -3.69. The highest BCUT2D eigenvalue weighted by Crippen LogP contribution is 2.26. The van der Waals surface area contributed by atoms with E-state index >= 15 is 0 Å². The van der Waals surface area contributed by atoms with E-state index in [1.165, 1.54) is 38.2 Å². The molecule has 1 aliphatic carbocycles. The fourth-order valence-electron chi connectivity index (χ4n) is 2.70. The lowest BCUT2D eigenvalue weighted by Crippen LogP contribution is -2.27. The SMILES string of the molecule is O=C(Cc1ccc(S(=O)(=O)Cl)s1)NCCC1CCCCC1. The van der Waals surface area contributed by atoms with Crippen LogP contribution in [0.15, 0.2) is 16.3 Å². The predicted octanol–water partition coefficient (Wildman–Crippen LogP) is 3.30. The van der Waals surface area contributed by atoms with E-state index in [1.807, 2.05) is 0 Å². The highest BCUT2D eigenvalue weighted by molar-refractivity contribution is 8.15. The van der Waals surface area contributed by atoms with Gasteiger partial charge in [0.15, 0.2) is 0 Å². The standard InChI is InChI=1S/C14H20ClNO3S2/c15-21(18,19)14-7-6-12(20-14)10-13(17)16-9-8-11-4-2-1-3-5-11/h6-7,11H,1-5,8-10H2,(H,16,17). The molecule has 1 aromatic heterocycles. The van der Waals surface area contributed by atoms with Gasteiger partial charge in [0.1, 0.15) is 4.21 Å². The lowest BCUT2D eigenvalue weighted by molar-refractivity contribution is -0.120. The number of amides is 1. The van der Waals surface area contributed by atoms with Crippen molar-refractivity contribution in [3.8, 4) is 0 Å². The predicted molar refractivity (Wildman–Crippen MR) is 85.3 cm³/mol. The summed E-state index contributed by atoms with van der Waals surface area (Å²) in [5.41, 5.74) is 0. The molecule has 0 radical (unpaired) electrons. The van der Waals surface area contributed by atoms with Gasteiger partial charge in [-0.1, -0.05) is 32.1 Å². The van der Waals surface area contributed by atoms with Gasteiger partial charge in [0.25, 0.3) is 9.05 Å². The number of rotatable bonds is 6. The summed E-state index contributed by atoms with van der Waals surface area (Å²) in [6, 6.07) is 3.08. The van der Waals surface area contributed by atoms with Crippen molar-refractivity contribution in [1.29, 1.82) is 0 Å². The Morgan fingerprint density at radius 2 is 2.00 bits per heavy atom. The molecule has 1 saturated carbocycles. The van der Waals surface area contributed by atoms with Crippen molar-refractivity contribution in [2.75, 3.05) is 6.54 Å². The molecule has 4 nitrogen and oxygen atoms in total. The summed E-state index contributed by atoms with van der Waals surface area (Å²) in [7, 11) is 1.57. The summed E-state index contributed by atoms with van der Waals surface area (Å²) in [4.78, 5) is 12.5. The molecule has 1 fully saturated rings. The first-order valence-electron chi connectivity index (χ1n) is 7.25. The van der Waals surface area contributed by atoms with Crippen molar-refractivity contribution in [2.24, 2.45) is 5.92 Å². The fraction of sp³-hybridized carbons (Fsp3) is 0.643. The van der Waals surface area contributed by atoms with Crippen LogP contribution >= 0.6 is 22.0 Å². The molecule has 0 aromatic carbocycles. The molecule has 0 saturated heterocycles. The van der Waals surface area contributed by atoms with Crippen molar-refractivity contribution in [3.05, 3.63) is 17.0 Å². The van der Waals surface area contributed by atoms with Crippen LogP contribution in [0, 0.1) is 5.92 Å². The molecule has 1 heterocycles. The Morgan fingerprint density at radius 1 is 1.29 bits per heavy atom. The maximum absolute atomic E-state index is 11.8. The Labute approximate surface area is 134 Å². The van der Waals surface area contributed by atoms with Crippen molar-refractivity contribution < 1.29 is 13.2 Å². The number of hydrogen-bond acceptors (Lipinski definition) is 4. The van der Waals surface area contributed by atoms with Crippen LogP contribution in [0.4, 0.5) is 0 Å². The Morgan fingerprint density at radius 3 is 2.62 bits per heavy atom. The summed E-state index contributed by atoms with van der Waals surface area (Å²) in [5.74, 6) is 0.681. The molecule has 1 aliphatic rings. The molecule has 0 bridgehead atoms. The van der Waals surface area contributed by atoms with Crippen molar-refractivity contribution in [2.45, 2.75) is 49.2 Å². The third kappa shape index (κ3) is 5.60. The van der Waals surface area contributed by atoms with E-state index < -0.39 is 9.05 Å². The first-order valence-corrected chi connectivity index (χ1v) is 10.4. The smallest absolute Gasteiger partial charge is 0.270 e. The summed E-state index contributed by atoms with van der Waals surface area (Å²) in [6.07, 6.45) is 7.76. The van der Waals surface area contributed by atoms with E-state index in [-0.39, 0.29) is 16.5 Å². The van der Waals surface area contributed by atoms with Gasteiger partial charge in [-0.3, -0.25) is 4.79 Å². The minimum Gasteiger partial charge on any atom is -0.356 e. The molecular formula is C14H20ClNO3S2. The lowest BCUT2D eigenvalue weighted by atomic mass is 9.87. The Bertz CT molecular complexity index is 577. The van der Waals surface area contributed by atoms with Crippen molar-refractivity contribution in [1.82, 2.24) is 5.32 Å². The second-order valence-electron chi connectivity index (χ2n) is 5.48. The van der Waals surface area contributed by atoms with Gasteiger partial charge < -0.3 is 5.32 Å². The molecule has 2 rings (SSSR count). The van der Waals surface area contributed by atoms with Crippen molar-refractivity contribution in [3.63, 3.8) is 0 Å². The van der Waals surface area contributed by atoms with E-state index in [4.69, 9.17) is 10.7 Å². The second kappa shape index (κ2) is 7.61. The van der Waals surface area contributed by atoms with E-state index in [9.17, 15) is 13.2 Å². The molecule has 0 unspecified atom stereocenters. The summed E-state index contributed by atoms with van der Waals surface area (Å²) < 4.78 is 22.4. The first-order chi connectivity index (χ1) is 9.95. The molecule has 1 aromatic rings. The largest absolute Gasteiger partial charge is 0.356 e. The number of nitrogens with one attached hydrogen (secondary N) is 1. The fourth-order valence-corrected chi connectivity index (χ4v) is 4.82. The number of halogens is 1. The quantitative estimate of drug-likeness (QED) is 0.801. The Balaban J connectivity index is 1.73. The lowest BCUT2D eigenvalue weighted by Gasteiger charge is -2.21. The number of carbonyl (C=O) groups is 1. The maximum atomic E-state index is 11.8. The van der Waals surface area contributed by atoms with Gasteiger partial charge in [-0.25, -0.2) is 8.42 Å². The van der Waals surface area contributed by atoms with Crippen LogP contribution in [0.2, 0.25) is 0 Å². The number of carbonyl (C=O) groups excluding carboxylic acids is 1. The molecule has 0 aliphatic heterocycles. The number of hydrogen-bond donors (Lipinski definition) is 1. The third-order valence-electron chi connectivity index (χ3n) is 3.81. The summed E-state index contributed by atoms with van der Waals surface area (Å²) >= 11 is 1.05. The Kier molecular flexibility index (Phi) is 6.08. The van der Waals surface area contributed by atoms with Gasteiger partial charge in [0.2, 0.25) is 5.91 Å². The van der Waals surface area contributed by atoms with Crippen LogP contribution < -0.4 is 5.32 Å². The molecular weight excluding hydrogens is 330 g/mol. The zero-order chi connectivity index (χ0) is 15.3. The highest BCUT2D eigenvalue weighted by Gasteiger charge is 2.16. The van der Waals surface area contributed by atoms with Crippen LogP contribution in [0.1, 0.15) is 43.4 Å². The van der Waals surface area contributed by atoms with Crippen LogP contribution in [-0.2, 0) is 20.3 Å². The molecule has 1 amide bonds. The van der Waals surface area contributed by atoms with E-state index in [2.05, 4.69) is 5.32 Å². The maximum Gasteiger partial charge on any atom is 0.270 e. The van der Waals surface area contributed by atoms with Crippen LogP contribution in [0.25, 0.3) is 0 Å². The topological polar surface area (TPSA) is 63.2 Å². The van der Waals surface area contributed by atoms with E-state index in [1.54, 1.807) is 6.07 Å². The molecule has 21 heavy (non-hydrogen) atoms. The third-order valence-corrected chi connectivity index (χ3v) is 6.99. The molecule has 118 valence electrons. The average molecular weight is 350 g/mol. The first kappa shape index (κ1) is 16.8. The molecule has 0 atom stereocenters. The van der Waals surface area contributed by atoms with Gasteiger partial charge in [0, 0.05) is 22.1 Å². The monoisotopic (exact) mass is 349 g/mol. The summed E-state index contributed by atoms with van der Waals surface area (Å²) in [6.45, 7) is 0.704. The van der Waals surface area contributed by atoms with Crippen LogP contribution in [0.3, 0.4) is 0 Å². The van der Waals surface area contributed by atoms with E-state index in [0.29, 0.717) is 11.4 Å². The zero-order valence-corrected chi connectivity index (χ0v) is 14.2. The van der Waals surface area contributed by atoms with Gasteiger partial charge in [-0.2, -0.15) is 0 Å². The van der Waals surface area contributed by atoms with E-state index in [0.717, 1.165) is 23.7 Å². The van der Waals surface area contributed by atoms with Gasteiger partial charge in [-0.15, -0.1) is 11.3 Å². The van der Waals surface area contributed by atoms with Gasteiger partial charge >= 0.3 is 0 Å². The average Bonchev–Trinajstić information content (AvgIpc) is 2.88. The summed E-state index contributed by atoms with van der Waals surface area (Å²) in [5, 5.41) is 2.91. The zero-order valence-electron chi connectivity index (χ0n) is 11.8. The molecule has 0 spiro atoms. The number of thiophene rings is 1. The van der Waals surface area contributed by atoms with Gasteiger partial charge in [0.05, 0.1) is 6.42 Å². The highest BCUT2D eigenvalue weighted by atomic mass is 35.7. The second-order valence-corrected chi connectivity index (χ2v) is 9.44. The van der Waals surface area contributed by atoms with Crippen LogP contribution in [-0.4, -0.2) is 20.9 Å². The minimum absolute atomic E-state index is 0.0637. The molecule has 1 N–H and O–H groups in total.